The molecule has 0 amide bonds. The number of aryl methyl sites for hydroxylation is 2. The molecular formula is C20H48I3N8O3-. The van der Waals surface area contributed by atoms with E-state index in [4.69, 9.17) is 15.5 Å². The number of nitrogens with zero attached hydrogens (tertiary/aromatic N) is 5. The van der Waals surface area contributed by atoms with Crippen molar-refractivity contribution in [2.24, 2.45) is 5.73 Å². The molecule has 0 atom stereocenters. The van der Waals surface area contributed by atoms with Crippen LogP contribution in [0.1, 0.15) is 74.4 Å². The molecule has 0 saturated carbocycles. The van der Waals surface area contributed by atoms with Gasteiger partial charge in [-0.2, -0.15) is 15.2 Å². The van der Waals surface area contributed by atoms with Crippen molar-refractivity contribution in [3.05, 3.63) is 23.4 Å². The fourth-order valence-corrected chi connectivity index (χ4v) is 1.07. The number of rotatable bonds is 4. The van der Waals surface area contributed by atoms with Crippen molar-refractivity contribution in [2.75, 3.05) is 20.6 Å². The molecule has 0 fully saturated rings. The number of halogens is 3. The van der Waals surface area contributed by atoms with E-state index in [-0.39, 0.29) is 42.9 Å². The molecule has 0 aliphatic rings. The summed E-state index contributed by atoms with van der Waals surface area (Å²) >= 11 is 5.30. The van der Waals surface area contributed by atoms with Crippen molar-refractivity contribution >= 4 is 43.0 Å². The number of hydrogen-bond donors (Lipinski definition) is 3. The molecule has 0 aromatic carbocycles. The third-order valence-corrected chi connectivity index (χ3v) is 1.91. The SMILES string of the molecule is C.C.C.C.C.CC(C)=O.CNCC#N.CNCc1noc(C)n1.Cc1nc(CN)no1.I[I-]I. The molecule has 0 bridgehead atoms. The van der Waals surface area contributed by atoms with Crippen LogP contribution in [0.2, 0.25) is 0 Å². The van der Waals surface area contributed by atoms with E-state index >= 15 is 0 Å². The summed E-state index contributed by atoms with van der Waals surface area (Å²) in [6.45, 7) is 8.01. The van der Waals surface area contributed by atoms with Gasteiger partial charge in [0, 0.05) is 13.8 Å². The minimum atomic E-state index is 0. The van der Waals surface area contributed by atoms with Crippen molar-refractivity contribution in [1.82, 2.24) is 30.9 Å². The summed E-state index contributed by atoms with van der Waals surface area (Å²) in [5.74, 6) is 2.60. The van der Waals surface area contributed by atoms with E-state index in [1.54, 1.807) is 20.9 Å². The molecule has 14 heteroatoms. The van der Waals surface area contributed by atoms with Crippen molar-refractivity contribution in [3.8, 4) is 6.07 Å². The molecule has 0 aliphatic carbocycles. The topological polar surface area (TPSA) is 169 Å². The zero-order valence-electron chi connectivity index (χ0n) is 17.3. The molecule has 208 valence electrons. The first-order valence-electron chi connectivity index (χ1n) is 8.00. The Morgan fingerprint density at radius 2 is 1.32 bits per heavy atom. The summed E-state index contributed by atoms with van der Waals surface area (Å²) in [6.07, 6.45) is 0. The molecule has 0 aliphatic heterocycles. The molecular weight excluding hydrogens is 781 g/mol. The molecule has 2 heterocycles. The number of carbonyl (C=O) groups is 1. The summed E-state index contributed by atoms with van der Waals surface area (Å²) < 4.78 is 9.33. The van der Waals surface area contributed by atoms with Crippen molar-refractivity contribution < 1.29 is 27.1 Å². The molecule has 0 radical (unpaired) electrons. The molecule has 11 nitrogen and oxygen atoms in total. The van der Waals surface area contributed by atoms with E-state index in [1.165, 1.54) is 13.8 Å². The van der Waals surface area contributed by atoms with Gasteiger partial charge in [-0.15, -0.1) is 0 Å². The van der Waals surface area contributed by atoms with Gasteiger partial charge in [0.15, 0.2) is 11.6 Å². The fraction of sp³-hybridized carbons (Fsp3) is 0.700. The first-order chi connectivity index (χ1) is 13.7. The Hall–Kier alpha value is -0.490. The van der Waals surface area contributed by atoms with Crippen LogP contribution >= 0.6 is 37.2 Å². The van der Waals surface area contributed by atoms with Gasteiger partial charge in [0.2, 0.25) is 11.8 Å². The van der Waals surface area contributed by atoms with E-state index in [0.717, 1.165) is 0 Å². The van der Waals surface area contributed by atoms with E-state index in [9.17, 15) is 4.79 Å². The van der Waals surface area contributed by atoms with Gasteiger partial charge in [0.1, 0.15) is 5.78 Å². The summed E-state index contributed by atoms with van der Waals surface area (Å²) in [5.41, 5.74) is 5.18. The van der Waals surface area contributed by atoms with Gasteiger partial charge < -0.3 is 30.2 Å². The maximum atomic E-state index is 9.44. The summed E-state index contributed by atoms with van der Waals surface area (Å²) in [7, 11) is 3.58. The van der Waals surface area contributed by atoms with Gasteiger partial charge in [-0.05, 0) is 27.9 Å². The Labute approximate surface area is 238 Å². The molecule has 2 rings (SSSR count). The van der Waals surface area contributed by atoms with Crippen LogP contribution in [0.3, 0.4) is 0 Å². The van der Waals surface area contributed by atoms with Crippen LogP contribution in [0.4, 0.5) is 0 Å². The van der Waals surface area contributed by atoms with E-state index < -0.39 is 0 Å². The van der Waals surface area contributed by atoms with Gasteiger partial charge in [-0.1, -0.05) is 47.4 Å². The average Bonchev–Trinajstić information content (AvgIpc) is 3.25. The van der Waals surface area contributed by atoms with Gasteiger partial charge in [-0.3, -0.25) is 0 Å². The molecule has 2 aromatic rings. The Kier molecular flexibility index (Phi) is 68.3. The average molecular weight is 829 g/mol. The van der Waals surface area contributed by atoms with Crippen LogP contribution in [0, 0.1) is 25.2 Å². The maximum absolute atomic E-state index is 9.44. The Bertz CT molecular complexity index is 662. The predicted molar refractivity (Wildman–Crippen MR) is 156 cm³/mol. The number of hydrogen-bond acceptors (Lipinski definition) is 11. The minimum absolute atomic E-state index is 0. The summed E-state index contributed by atoms with van der Waals surface area (Å²) in [6, 6.07) is 1.91. The zero-order chi connectivity index (χ0) is 23.1. The van der Waals surface area contributed by atoms with Crippen LogP contribution in [-0.4, -0.2) is 46.7 Å². The second-order valence-electron chi connectivity index (χ2n) is 4.84. The Morgan fingerprint density at radius 1 is 0.971 bits per heavy atom. The number of Topliss-reactive ketones (excluding diaryl/α,β-unsaturated/α-hetero) is 1. The third-order valence-electron chi connectivity index (χ3n) is 1.91. The molecule has 0 spiro atoms. The van der Waals surface area contributed by atoms with E-state index in [1.807, 2.05) is 13.1 Å². The van der Waals surface area contributed by atoms with Gasteiger partial charge in [-0.25, -0.2) is 0 Å². The van der Waals surface area contributed by atoms with Crippen molar-refractivity contribution in [1.29, 1.82) is 5.26 Å². The second kappa shape index (κ2) is 42.7. The number of carbonyl (C=O) groups excluding carboxylic acids is 1. The molecule has 34 heavy (non-hydrogen) atoms. The quantitative estimate of drug-likeness (QED) is 0.306. The van der Waals surface area contributed by atoms with Crippen molar-refractivity contribution in [3.63, 3.8) is 0 Å². The molecule has 2 aromatic heterocycles. The van der Waals surface area contributed by atoms with E-state index in [2.05, 4.69) is 72.7 Å². The van der Waals surface area contributed by atoms with Crippen LogP contribution in [0.25, 0.3) is 0 Å². The van der Waals surface area contributed by atoms with Crippen molar-refractivity contribution in [2.45, 2.75) is 77.9 Å². The standard InChI is InChI=1S/C5H9N3O.C4H7N3O.C3H6N2.C3H6O.5CH4.I3/c1-4-7-5(3-6-2)8-9-4;1-3-6-4(2-5)7-8-3;1-5-3-2-4;1-3(2)4;;;;;;1-3-2/h6H,3H2,1-2H3;2,5H2,1H3;5H,3H2,1H3;1-2H3;5*1H4;/q;;;;;;;;;-1. The van der Waals surface area contributed by atoms with Gasteiger partial charge >= 0.3 is 50.5 Å². The first kappa shape index (κ1) is 54.4. The third kappa shape index (κ3) is 48.8. The van der Waals surface area contributed by atoms with Gasteiger partial charge in [0.25, 0.3) is 0 Å². The van der Waals surface area contributed by atoms with Crippen LogP contribution in [0.5, 0.6) is 0 Å². The fourth-order valence-electron chi connectivity index (χ4n) is 1.07. The number of nitrogens with one attached hydrogen (secondary N) is 2. The van der Waals surface area contributed by atoms with Crippen LogP contribution < -0.4 is 29.6 Å². The Morgan fingerprint density at radius 3 is 1.47 bits per heavy atom. The summed E-state index contributed by atoms with van der Waals surface area (Å²) in [5, 5.41) is 20.5. The number of aromatic nitrogens is 4. The van der Waals surface area contributed by atoms with E-state index in [0.29, 0.717) is 56.3 Å². The number of nitrogens with two attached hydrogens (primary N) is 1. The Balaban J connectivity index is -0.0000000420. The predicted octanol–water partition coefficient (Wildman–Crippen LogP) is 2.21. The zero-order valence-corrected chi connectivity index (χ0v) is 23.8. The monoisotopic (exact) mass is 829 g/mol. The second-order valence-corrected chi connectivity index (χ2v) is 21.1. The number of nitriles is 1. The van der Waals surface area contributed by atoms with Gasteiger partial charge in [0.05, 0.1) is 25.7 Å². The summed E-state index contributed by atoms with van der Waals surface area (Å²) in [4.78, 5) is 17.2. The van der Waals surface area contributed by atoms with Crippen LogP contribution in [0.15, 0.2) is 9.05 Å². The van der Waals surface area contributed by atoms with Crippen LogP contribution in [-0.2, 0) is 17.9 Å². The normalized spacial score (nSPS) is 7.29. The molecule has 0 unspecified atom stereocenters. The first-order valence-corrected chi connectivity index (χ1v) is 20.6. The molecule has 0 saturated heterocycles. The number of ketones is 1. The molecule has 4 N–H and O–H groups in total.